The van der Waals surface area contributed by atoms with Gasteiger partial charge in [0, 0.05) is 11.3 Å². The molecule has 0 aliphatic heterocycles. The molecule has 0 fully saturated rings. The Morgan fingerprint density at radius 2 is 0.971 bits per heavy atom. The van der Waals surface area contributed by atoms with Crippen LogP contribution in [-0.4, -0.2) is 0 Å². The van der Waals surface area contributed by atoms with Crippen molar-refractivity contribution in [1.29, 1.82) is 0 Å². The molecule has 4 aromatic rings. The minimum Gasteiger partial charge on any atom is -0.0654 e. The summed E-state index contributed by atoms with van der Waals surface area (Å²) in [6.45, 7) is 6.84. The molecule has 0 aromatic heterocycles. The molecular weight excluding hydrogens is 420 g/mol. The molecular formula is C35H40. The number of benzene rings is 4. The molecule has 180 valence electrons. The van der Waals surface area contributed by atoms with E-state index in [1.165, 1.54) is 59.1 Å². The zero-order valence-electron chi connectivity index (χ0n) is 21.7. The van der Waals surface area contributed by atoms with E-state index < -0.39 is 0 Å². The van der Waals surface area contributed by atoms with E-state index in [1.807, 2.05) is 0 Å². The Bertz CT molecular complexity index is 1090. The Balaban J connectivity index is 1.69. The van der Waals surface area contributed by atoms with Gasteiger partial charge >= 0.3 is 0 Å². The van der Waals surface area contributed by atoms with Crippen molar-refractivity contribution in [2.75, 3.05) is 0 Å². The predicted molar refractivity (Wildman–Crippen MR) is 151 cm³/mol. The van der Waals surface area contributed by atoms with Crippen LogP contribution in [0.1, 0.15) is 84.7 Å². The highest BCUT2D eigenvalue weighted by Gasteiger charge is 2.33. The van der Waals surface area contributed by atoms with Gasteiger partial charge in [-0.15, -0.1) is 0 Å². The average Bonchev–Trinajstić information content (AvgIpc) is 2.91. The summed E-state index contributed by atoms with van der Waals surface area (Å²) in [5.74, 6) is 0.424. The van der Waals surface area contributed by atoms with Gasteiger partial charge in [0.1, 0.15) is 0 Å². The van der Waals surface area contributed by atoms with Gasteiger partial charge in [-0.05, 0) is 66.5 Å². The second-order valence-electron chi connectivity index (χ2n) is 10.1. The summed E-state index contributed by atoms with van der Waals surface area (Å²) in [4.78, 5) is 0. The van der Waals surface area contributed by atoms with Crippen LogP contribution in [0.4, 0.5) is 0 Å². The maximum absolute atomic E-state index is 2.35. The van der Waals surface area contributed by atoms with Crippen LogP contribution in [0.3, 0.4) is 0 Å². The van der Waals surface area contributed by atoms with Gasteiger partial charge in [0.15, 0.2) is 0 Å². The fraction of sp³-hybridized carbons (Fsp3) is 0.314. The van der Waals surface area contributed by atoms with Crippen molar-refractivity contribution in [2.24, 2.45) is 0 Å². The standard InChI is InChI=1S/C35H40/c1-4-5-26-35(30-19-8-6-9-20-30,31-21-10-7-11-22-31)27-16-25-34(32-23-14-12-17-28(32)2)33-24-15-13-18-29(33)3/h6-15,17-24,34H,4-5,16,25-27H2,1-3H3. The highest BCUT2D eigenvalue weighted by Crippen LogP contribution is 2.43. The van der Waals surface area contributed by atoms with Crippen molar-refractivity contribution in [3.63, 3.8) is 0 Å². The molecule has 4 aromatic carbocycles. The lowest BCUT2D eigenvalue weighted by molar-refractivity contribution is 0.397. The van der Waals surface area contributed by atoms with Crippen LogP contribution in [0.15, 0.2) is 109 Å². The van der Waals surface area contributed by atoms with Crippen molar-refractivity contribution < 1.29 is 0 Å². The number of hydrogen-bond acceptors (Lipinski definition) is 0. The number of hydrogen-bond donors (Lipinski definition) is 0. The maximum atomic E-state index is 2.35. The second kappa shape index (κ2) is 12.0. The summed E-state index contributed by atoms with van der Waals surface area (Å²) >= 11 is 0. The minimum atomic E-state index is 0.0561. The van der Waals surface area contributed by atoms with Crippen LogP contribution in [0.2, 0.25) is 0 Å². The third kappa shape index (κ3) is 5.76. The van der Waals surface area contributed by atoms with Gasteiger partial charge in [-0.2, -0.15) is 0 Å². The summed E-state index contributed by atoms with van der Waals surface area (Å²) in [7, 11) is 0. The zero-order valence-corrected chi connectivity index (χ0v) is 21.7. The fourth-order valence-corrected chi connectivity index (χ4v) is 5.90. The lowest BCUT2D eigenvalue weighted by atomic mass is 9.67. The molecule has 0 amide bonds. The second-order valence-corrected chi connectivity index (χ2v) is 10.1. The Labute approximate surface area is 213 Å². The van der Waals surface area contributed by atoms with Gasteiger partial charge in [-0.25, -0.2) is 0 Å². The smallest absolute Gasteiger partial charge is 0.0202 e. The van der Waals surface area contributed by atoms with Gasteiger partial charge in [-0.3, -0.25) is 0 Å². The van der Waals surface area contributed by atoms with Crippen LogP contribution >= 0.6 is 0 Å². The molecule has 0 bridgehead atoms. The summed E-state index contributed by atoms with van der Waals surface area (Å²) in [5.41, 5.74) is 8.71. The Kier molecular flexibility index (Phi) is 8.59. The summed E-state index contributed by atoms with van der Waals surface area (Å²) in [6.07, 6.45) is 7.15. The van der Waals surface area contributed by atoms with E-state index >= 15 is 0 Å². The van der Waals surface area contributed by atoms with E-state index in [0.717, 1.165) is 12.8 Å². The predicted octanol–water partition coefficient (Wildman–Crippen LogP) is 9.78. The van der Waals surface area contributed by atoms with Crippen molar-refractivity contribution in [1.82, 2.24) is 0 Å². The van der Waals surface area contributed by atoms with Crippen molar-refractivity contribution in [3.8, 4) is 0 Å². The van der Waals surface area contributed by atoms with Gasteiger partial charge in [0.05, 0.1) is 0 Å². The Morgan fingerprint density at radius 1 is 0.543 bits per heavy atom. The molecule has 0 atom stereocenters. The molecule has 0 spiro atoms. The van der Waals surface area contributed by atoms with E-state index in [2.05, 4.69) is 130 Å². The summed E-state index contributed by atoms with van der Waals surface area (Å²) in [5, 5.41) is 0. The molecule has 0 unspecified atom stereocenters. The number of aryl methyl sites for hydroxylation is 2. The van der Waals surface area contributed by atoms with Gasteiger partial charge in [0.2, 0.25) is 0 Å². The highest BCUT2D eigenvalue weighted by atomic mass is 14.4. The first kappa shape index (κ1) is 25.0. The molecule has 0 aliphatic rings. The molecule has 0 aliphatic carbocycles. The Hall–Kier alpha value is -3.12. The first-order valence-electron chi connectivity index (χ1n) is 13.4. The molecule has 0 radical (unpaired) electrons. The van der Waals surface area contributed by atoms with Crippen molar-refractivity contribution in [2.45, 2.75) is 70.6 Å². The van der Waals surface area contributed by atoms with Crippen molar-refractivity contribution in [3.05, 3.63) is 143 Å². The average molecular weight is 461 g/mol. The fourth-order valence-electron chi connectivity index (χ4n) is 5.90. The van der Waals surface area contributed by atoms with E-state index in [1.54, 1.807) is 0 Å². The highest BCUT2D eigenvalue weighted by molar-refractivity contribution is 5.42. The van der Waals surface area contributed by atoms with E-state index in [-0.39, 0.29) is 5.41 Å². The monoisotopic (exact) mass is 460 g/mol. The van der Waals surface area contributed by atoms with Gasteiger partial charge < -0.3 is 0 Å². The topological polar surface area (TPSA) is 0 Å². The minimum absolute atomic E-state index is 0.0561. The lowest BCUT2D eigenvalue weighted by Crippen LogP contribution is -2.28. The van der Waals surface area contributed by atoms with E-state index in [0.29, 0.717) is 5.92 Å². The van der Waals surface area contributed by atoms with Gasteiger partial charge in [-0.1, -0.05) is 135 Å². The van der Waals surface area contributed by atoms with E-state index in [4.69, 9.17) is 0 Å². The van der Waals surface area contributed by atoms with Crippen molar-refractivity contribution >= 4 is 0 Å². The molecule has 0 N–H and O–H groups in total. The third-order valence-corrected chi connectivity index (χ3v) is 7.83. The van der Waals surface area contributed by atoms with Crippen LogP contribution in [-0.2, 0) is 5.41 Å². The third-order valence-electron chi connectivity index (χ3n) is 7.83. The van der Waals surface area contributed by atoms with Gasteiger partial charge in [0.25, 0.3) is 0 Å². The van der Waals surface area contributed by atoms with Crippen LogP contribution in [0.5, 0.6) is 0 Å². The molecule has 0 saturated heterocycles. The normalized spacial score (nSPS) is 11.7. The molecule has 0 heterocycles. The van der Waals surface area contributed by atoms with Crippen LogP contribution in [0, 0.1) is 13.8 Å². The van der Waals surface area contributed by atoms with Crippen LogP contribution in [0.25, 0.3) is 0 Å². The van der Waals surface area contributed by atoms with E-state index in [9.17, 15) is 0 Å². The molecule has 35 heavy (non-hydrogen) atoms. The lowest BCUT2D eigenvalue weighted by Gasteiger charge is -2.36. The first-order valence-corrected chi connectivity index (χ1v) is 13.4. The number of rotatable bonds is 11. The molecule has 0 saturated carbocycles. The first-order chi connectivity index (χ1) is 17.2. The molecule has 4 rings (SSSR count). The summed E-state index contributed by atoms with van der Waals surface area (Å²) < 4.78 is 0. The zero-order chi connectivity index (χ0) is 24.5. The Morgan fingerprint density at radius 3 is 1.43 bits per heavy atom. The molecule has 0 heteroatoms. The van der Waals surface area contributed by atoms with Crippen LogP contribution < -0.4 is 0 Å². The largest absolute Gasteiger partial charge is 0.0654 e. The molecule has 0 nitrogen and oxygen atoms in total. The summed E-state index contributed by atoms with van der Waals surface area (Å²) in [6, 6.07) is 40.5. The number of unbranched alkanes of at least 4 members (excludes halogenated alkanes) is 1. The quantitative estimate of drug-likeness (QED) is 0.209. The SMILES string of the molecule is CCCCC(CCCC(c1ccccc1C)c1ccccc1C)(c1ccccc1)c1ccccc1. The maximum Gasteiger partial charge on any atom is 0.0202 e.